The van der Waals surface area contributed by atoms with Gasteiger partial charge in [0.05, 0.1) is 6.61 Å². The Morgan fingerprint density at radius 1 is 1.30 bits per heavy atom. The molecule has 2 unspecified atom stereocenters. The molecule has 0 heterocycles. The number of nitrogens with zero attached hydrogens (tertiary/aromatic N) is 1. The molecule has 2 atom stereocenters. The molecule has 0 bridgehead atoms. The molecule has 0 aliphatic heterocycles. The summed E-state index contributed by atoms with van der Waals surface area (Å²) in [5.41, 5.74) is -0.0322. The lowest BCUT2D eigenvalue weighted by molar-refractivity contribution is 0.0452. The molecule has 20 heavy (non-hydrogen) atoms. The largest absolute Gasteiger partial charge is 0.394 e. The summed E-state index contributed by atoms with van der Waals surface area (Å²) >= 11 is 0. The Balaban J connectivity index is 2.65. The van der Waals surface area contributed by atoms with Crippen LogP contribution in [0.5, 0.6) is 0 Å². The first-order valence-corrected chi connectivity index (χ1v) is 8.70. The van der Waals surface area contributed by atoms with Crippen LogP contribution in [0.3, 0.4) is 0 Å². The quantitative estimate of drug-likeness (QED) is 0.638. The third-order valence-corrected chi connectivity index (χ3v) is 4.83. The van der Waals surface area contributed by atoms with Crippen LogP contribution >= 0.6 is 0 Å². The van der Waals surface area contributed by atoms with Gasteiger partial charge in [-0.25, -0.2) is 0 Å². The average molecular weight is 284 g/mol. The van der Waals surface area contributed by atoms with Crippen molar-refractivity contribution in [3.63, 3.8) is 0 Å². The molecular formula is C17H36N2O. The Bertz CT molecular complexity index is 253. The molecule has 1 rings (SSSR count). The first-order chi connectivity index (χ1) is 9.58. The predicted molar refractivity (Wildman–Crippen MR) is 87.1 cm³/mol. The summed E-state index contributed by atoms with van der Waals surface area (Å²) in [6.45, 7) is 11.5. The second-order valence-electron chi connectivity index (χ2n) is 6.76. The molecule has 0 spiro atoms. The molecule has 0 saturated heterocycles. The fourth-order valence-corrected chi connectivity index (χ4v) is 3.76. The zero-order valence-electron chi connectivity index (χ0n) is 14.1. The molecule has 2 N–H and O–H groups in total. The topological polar surface area (TPSA) is 35.5 Å². The standard InChI is InChI=1S/C17H36N2O/c1-5-7-8-12-19(15(3)4)16-10-9-11-17(13-16,14-20)18-6-2/h15-16,18,20H,5-14H2,1-4H3. The summed E-state index contributed by atoms with van der Waals surface area (Å²) in [7, 11) is 0. The summed E-state index contributed by atoms with van der Waals surface area (Å²) in [4.78, 5) is 2.68. The van der Waals surface area contributed by atoms with Gasteiger partial charge in [0.25, 0.3) is 0 Å². The number of rotatable bonds is 9. The maximum Gasteiger partial charge on any atom is 0.0613 e. The third-order valence-electron chi connectivity index (χ3n) is 4.83. The van der Waals surface area contributed by atoms with E-state index >= 15 is 0 Å². The molecule has 3 nitrogen and oxygen atoms in total. The van der Waals surface area contributed by atoms with Gasteiger partial charge in [-0.1, -0.05) is 26.7 Å². The Kier molecular flexibility index (Phi) is 8.08. The average Bonchev–Trinajstić information content (AvgIpc) is 2.44. The number of unbranched alkanes of at least 4 members (excludes halogenated alkanes) is 2. The van der Waals surface area contributed by atoms with E-state index in [0.717, 1.165) is 19.4 Å². The Morgan fingerprint density at radius 2 is 2.05 bits per heavy atom. The molecule has 0 aromatic heterocycles. The van der Waals surface area contributed by atoms with E-state index in [2.05, 4.69) is 37.9 Å². The van der Waals surface area contributed by atoms with Crippen LogP contribution < -0.4 is 5.32 Å². The molecule has 1 aliphatic carbocycles. The second kappa shape index (κ2) is 9.01. The minimum Gasteiger partial charge on any atom is -0.394 e. The van der Waals surface area contributed by atoms with Crippen molar-refractivity contribution in [2.45, 2.75) is 90.3 Å². The van der Waals surface area contributed by atoms with E-state index in [0.29, 0.717) is 12.1 Å². The molecule has 1 saturated carbocycles. The predicted octanol–water partition coefficient (Wildman–Crippen LogP) is 3.17. The highest BCUT2D eigenvalue weighted by molar-refractivity contribution is 4.96. The van der Waals surface area contributed by atoms with Crippen LogP contribution in [0.1, 0.15) is 72.6 Å². The van der Waals surface area contributed by atoms with Crippen LogP contribution in [-0.4, -0.2) is 47.3 Å². The monoisotopic (exact) mass is 284 g/mol. The van der Waals surface area contributed by atoms with E-state index in [1.54, 1.807) is 0 Å². The van der Waals surface area contributed by atoms with E-state index in [9.17, 15) is 5.11 Å². The van der Waals surface area contributed by atoms with Crippen molar-refractivity contribution in [1.29, 1.82) is 0 Å². The fourth-order valence-electron chi connectivity index (χ4n) is 3.76. The second-order valence-corrected chi connectivity index (χ2v) is 6.76. The Labute approximate surface area is 126 Å². The number of aliphatic hydroxyl groups is 1. The fraction of sp³-hybridized carbons (Fsp3) is 1.00. The summed E-state index contributed by atoms with van der Waals surface area (Å²) in [6, 6.07) is 1.24. The first kappa shape index (κ1) is 17.9. The molecule has 1 aliphatic rings. The lowest BCUT2D eigenvalue weighted by atomic mass is 9.78. The maximum atomic E-state index is 9.84. The van der Waals surface area contributed by atoms with Gasteiger partial charge in [0.1, 0.15) is 0 Å². The van der Waals surface area contributed by atoms with Gasteiger partial charge in [-0.2, -0.15) is 0 Å². The number of nitrogens with one attached hydrogen (secondary N) is 1. The number of hydrogen-bond donors (Lipinski definition) is 2. The molecule has 0 aromatic rings. The highest BCUT2D eigenvalue weighted by Gasteiger charge is 2.37. The van der Waals surface area contributed by atoms with Crippen molar-refractivity contribution in [2.24, 2.45) is 0 Å². The van der Waals surface area contributed by atoms with Crippen molar-refractivity contribution < 1.29 is 5.11 Å². The van der Waals surface area contributed by atoms with Crippen LogP contribution in [0, 0.1) is 0 Å². The highest BCUT2D eigenvalue weighted by atomic mass is 16.3. The normalized spacial score (nSPS) is 27.4. The van der Waals surface area contributed by atoms with Gasteiger partial charge in [-0.15, -0.1) is 0 Å². The minimum absolute atomic E-state index is 0.0322. The van der Waals surface area contributed by atoms with E-state index in [4.69, 9.17) is 0 Å². The summed E-state index contributed by atoms with van der Waals surface area (Å²) < 4.78 is 0. The van der Waals surface area contributed by atoms with Gasteiger partial charge in [0.2, 0.25) is 0 Å². The Morgan fingerprint density at radius 3 is 2.60 bits per heavy atom. The van der Waals surface area contributed by atoms with Crippen LogP contribution in [0.25, 0.3) is 0 Å². The summed E-state index contributed by atoms with van der Waals surface area (Å²) in [5.74, 6) is 0. The smallest absolute Gasteiger partial charge is 0.0613 e. The van der Waals surface area contributed by atoms with Crippen LogP contribution in [0.2, 0.25) is 0 Å². The minimum atomic E-state index is -0.0322. The summed E-state index contributed by atoms with van der Waals surface area (Å²) in [5, 5.41) is 13.4. The SMILES string of the molecule is CCCCCN(C(C)C)C1CCCC(CO)(NCC)C1. The van der Waals surface area contributed by atoms with Crippen molar-refractivity contribution in [1.82, 2.24) is 10.2 Å². The van der Waals surface area contributed by atoms with Crippen LogP contribution in [0.15, 0.2) is 0 Å². The van der Waals surface area contributed by atoms with Gasteiger partial charge in [0.15, 0.2) is 0 Å². The molecule has 3 heteroatoms. The number of hydrogen-bond acceptors (Lipinski definition) is 3. The van der Waals surface area contributed by atoms with Crippen molar-refractivity contribution in [3.8, 4) is 0 Å². The van der Waals surface area contributed by atoms with Gasteiger partial charge in [0, 0.05) is 17.6 Å². The molecule has 0 amide bonds. The lowest BCUT2D eigenvalue weighted by Gasteiger charge is -2.46. The van der Waals surface area contributed by atoms with Crippen molar-refractivity contribution in [3.05, 3.63) is 0 Å². The lowest BCUT2D eigenvalue weighted by Crippen LogP contribution is -2.56. The highest BCUT2D eigenvalue weighted by Crippen LogP contribution is 2.32. The van der Waals surface area contributed by atoms with Gasteiger partial charge >= 0.3 is 0 Å². The molecule has 0 aromatic carbocycles. The Hall–Kier alpha value is -0.120. The van der Waals surface area contributed by atoms with E-state index in [-0.39, 0.29) is 12.1 Å². The molecule has 120 valence electrons. The number of likely N-dealkylation sites (N-methyl/N-ethyl adjacent to an activating group) is 1. The molecule has 0 radical (unpaired) electrons. The molecular weight excluding hydrogens is 248 g/mol. The molecule has 1 fully saturated rings. The van der Waals surface area contributed by atoms with Crippen LogP contribution in [-0.2, 0) is 0 Å². The zero-order chi connectivity index (χ0) is 15.0. The zero-order valence-corrected chi connectivity index (χ0v) is 14.1. The van der Waals surface area contributed by atoms with E-state index in [1.165, 1.54) is 38.6 Å². The van der Waals surface area contributed by atoms with Gasteiger partial charge in [-0.05, 0) is 59.0 Å². The van der Waals surface area contributed by atoms with Gasteiger partial charge in [-0.3, -0.25) is 4.90 Å². The first-order valence-electron chi connectivity index (χ1n) is 8.70. The third kappa shape index (κ3) is 5.01. The van der Waals surface area contributed by atoms with Crippen molar-refractivity contribution >= 4 is 0 Å². The van der Waals surface area contributed by atoms with Crippen molar-refractivity contribution in [2.75, 3.05) is 19.7 Å². The van der Waals surface area contributed by atoms with E-state index in [1.807, 2.05) is 0 Å². The van der Waals surface area contributed by atoms with Gasteiger partial charge < -0.3 is 10.4 Å². The van der Waals surface area contributed by atoms with Crippen LogP contribution in [0.4, 0.5) is 0 Å². The number of aliphatic hydroxyl groups excluding tert-OH is 1. The van der Waals surface area contributed by atoms with E-state index < -0.39 is 0 Å². The maximum absolute atomic E-state index is 9.84. The summed E-state index contributed by atoms with van der Waals surface area (Å²) in [6.07, 6.45) is 8.66.